The zero-order valence-electron chi connectivity index (χ0n) is 32.5. The molecule has 1 N–H and O–H groups in total. The predicted molar refractivity (Wildman–Crippen MR) is 205 cm³/mol. The van der Waals surface area contributed by atoms with Crippen LogP contribution < -0.4 is 0 Å². The molecule has 0 aromatic heterocycles. The molecular weight excluding hydrogens is 621 g/mol. The highest BCUT2D eigenvalue weighted by Crippen LogP contribution is 2.43. The zero-order valence-corrected chi connectivity index (χ0v) is 33.4. The maximum Gasteiger partial charge on any atom is 0.472 e. The lowest BCUT2D eigenvalue weighted by molar-refractivity contribution is -0.870. The van der Waals surface area contributed by atoms with Crippen LogP contribution >= 0.6 is 7.82 Å². The lowest BCUT2D eigenvalue weighted by Gasteiger charge is -2.24. The van der Waals surface area contributed by atoms with Gasteiger partial charge < -0.3 is 18.9 Å². The van der Waals surface area contributed by atoms with Crippen LogP contribution in [0.1, 0.15) is 181 Å². The van der Waals surface area contributed by atoms with Crippen molar-refractivity contribution in [1.29, 1.82) is 0 Å². The van der Waals surface area contributed by atoms with Gasteiger partial charge in [0, 0.05) is 0 Å². The second-order valence-corrected chi connectivity index (χ2v) is 16.3. The van der Waals surface area contributed by atoms with E-state index in [1.165, 1.54) is 148 Å². The van der Waals surface area contributed by atoms with Crippen LogP contribution in [-0.4, -0.2) is 63.0 Å². The Morgan fingerprint density at radius 1 is 0.562 bits per heavy atom. The number of phosphoric ester groups is 1. The summed E-state index contributed by atoms with van der Waals surface area (Å²) in [6.07, 6.45) is 41.1. The molecule has 0 aliphatic carbocycles. The fourth-order valence-electron chi connectivity index (χ4n) is 5.51. The topological polar surface area (TPSA) is 74.2 Å². The standard InChI is InChI=1S/C40H80NO6P/c1-6-8-10-12-14-16-18-20-22-24-26-28-30-32-35-44-38-40(39-47-48(42,43)46-37-34-41(3,4)5)45-36-33-31-29-27-25-23-21-19-17-15-13-11-9-7-2/h32-33,35-36,40H,6-31,34,37-39H2,1-5H3/p+1/b35-32-,36-33-. The van der Waals surface area contributed by atoms with Crippen LogP contribution in [0.4, 0.5) is 0 Å². The van der Waals surface area contributed by atoms with Crippen LogP contribution in [0.25, 0.3) is 0 Å². The Hall–Kier alpha value is -0.850. The van der Waals surface area contributed by atoms with Gasteiger partial charge in [0.2, 0.25) is 0 Å². The summed E-state index contributed by atoms with van der Waals surface area (Å²) < 4.78 is 35.1. The number of nitrogens with zero attached hydrogens (tertiary/aromatic N) is 1. The first-order chi connectivity index (χ1) is 23.2. The molecule has 0 radical (unpaired) electrons. The third-order valence-corrected chi connectivity index (χ3v) is 9.71. The Morgan fingerprint density at radius 3 is 1.38 bits per heavy atom. The van der Waals surface area contributed by atoms with E-state index in [0.29, 0.717) is 11.0 Å². The number of rotatable bonds is 38. The fourth-order valence-corrected chi connectivity index (χ4v) is 6.25. The van der Waals surface area contributed by atoms with Gasteiger partial charge in [-0.2, -0.15) is 0 Å². The molecule has 286 valence electrons. The fraction of sp³-hybridized carbons (Fsp3) is 0.900. The monoisotopic (exact) mass is 703 g/mol. The van der Waals surface area contributed by atoms with Crippen molar-refractivity contribution in [3.63, 3.8) is 0 Å². The van der Waals surface area contributed by atoms with Gasteiger partial charge in [-0.3, -0.25) is 9.05 Å². The summed E-state index contributed by atoms with van der Waals surface area (Å²) >= 11 is 0. The Labute approximate surface area is 298 Å². The molecule has 48 heavy (non-hydrogen) atoms. The first-order valence-electron chi connectivity index (χ1n) is 20.2. The van der Waals surface area contributed by atoms with Gasteiger partial charge in [-0.15, -0.1) is 0 Å². The number of quaternary nitrogens is 1. The summed E-state index contributed by atoms with van der Waals surface area (Å²) in [5.74, 6) is 0. The number of likely N-dealkylation sites (N-methyl/N-ethyl adjacent to an activating group) is 1. The number of allylic oxidation sites excluding steroid dienone is 2. The van der Waals surface area contributed by atoms with Gasteiger partial charge in [0.25, 0.3) is 0 Å². The van der Waals surface area contributed by atoms with E-state index >= 15 is 0 Å². The average Bonchev–Trinajstić information content (AvgIpc) is 3.04. The van der Waals surface area contributed by atoms with E-state index in [4.69, 9.17) is 18.5 Å². The van der Waals surface area contributed by atoms with E-state index in [9.17, 15) is 9.46 Å². The summed E-state index contributed by atoms with van der Waals surface area (Å²) in [6, 6.07) is 0. The van der Waals surface area contributed by atoms with E-state index in [-0.39, 0.29) is 19.8 Å². The van der Waals surface area contributed by atoms with Gasteiger partial charge in [-0.05, 0) is 37.8 Å². The van der Waals surface area contributed by atoms with Crippen molar-refractivity contribution >= 4 is 7.82 Å². The van der Waals surface area contributed by atoms with Gasteiger partial charge in [-0.1, -0.05) is 155 Å². The van der Waals surface area contributed by atoms with Crippen LogP contribution in [0, 0.1) is 0 Å². The van der Waals surface area contributed by atoms with Crippen LogP contribution in [0.15, 0.2) is 24.7 Å². The van der Waals surface area contributed by atoms with Crippen molar-refractivity contribution < 1.29 is 32.5 Å². The lowest BCUT2D eigenvalue weighted by Crippen LogP contribution is -2.37. The molecule has 2 unspecified atom stereocenters. The Bertz CT molecular complexity index is 769. The maximum atomic E-state index is 12.4. The molecule has 8 heteroatoms. The highest BCUT2D eigenvalue weighted by Gasteiger charge is 2.25. The third-order valence-electron chi connectivity index (χ3n) is 8.73. The molecule has 0 amide bonds. The minimum Gasteiger partial charge on any atom is -0.498 e. The highest BCUT2D eigenvalue weighted by molar-refractivity contribution is 7.47. The molecule has 0 bridgehead atoms. The summed E-state index contributed by atoms with van der Waals surface area (Å²) in [5.41, 5.74) is 0. The van der Waals surface area contributed by atoms with Crippen molar-refractivity contribution in [1.82, 2.24) is 0 Å². The number of hydrogen-bond donors (Lipinski definition) is 1. The normalized spacial score (nSPS) is 14.2. The maximum absolute atomic E-state index is 12.4. The molecule has 0 aromatic carbocycles. The Balaban J connectivity index is 4.24. The molecule has 0 saturated heterocycles. The molecule has 0 aliphatic heterocycles. The summed E-state index contributed by atoms with van der Waals surface area (Å²) in [5, 5.41) is 0. The summed E-state index contributed by atoms with van der Waals surface area (Å²) in [7, 11) is 1.84. The molecular formula is C40H81NO6P+. The van der Waals surface area contributed by atoms with Crippen LogP contribution in [-0.2, 0) is 23.1 Å². The first kappa shape index (κ1) is 47.1. The Morgan fingerprint density at radius 2 is 0.958 bits per heavy atom. The van der Waals surface area contributed by atoms with Gasteiger partial charge in [0.1, 0.15) is 19.8 Å². The summed E-state index contributed by atoms with van der Waals surface area (Å²) in [6.45, 7) is 5.43. The minimum atomic E-state index is -4.17. The largest absolute Gasteiger partial charge is 0.498 e. The lowest BCUT2D eigenvalue weighted by atomic mass is 10.0. The third kappa shape index (κ3) is 38.0. The molecule has 2 atom stereocenters. The molecule has 0 rings (SSSR count). The second kappa shape index (κ2) is 34.6. The number of ether oxygens (including phenoxy) is 2. The molecule has 0 spiro atoms. The quantitative estimate of drug-likeness (QED) is 0.0299. The molecule has 0 fully saturated rings. The van der Waals surface area contributed by atoms with E-state index in [2.05, 4.69) is 19.9 Å². The first-order valence-corrected chi connectivity index (χ1v) is 21.7. The number of phosphoric acid groups is 1. The van der Waals surface area contributed by atoms with E-state index in [1.54, 1.807) is 12.5 Å². The second-order valence-electron chi connectivity index (χ2n) is 14.8. The van der Waals surface area contributed by atoms with Crippen LogP contribution in [0.3, 0.4) is 0 Å². The SMILES string of the molecule is CCCCCCCCCCCCCC/C=C\OCC(COP(=O)(O)OCC[N+](C)(C)C)O/C=C\CCCCCCCCCCCCCC. The smallest absolute Gasteiger partial charge is 0.472 e. The number of unbranched alkanes of at least 4 members (excludes halogenated alkanes) is 24. The van der Waals surface area contributed by atoms with E-state index in [1.807, 2.05) is 27.2 Å². The van der Waals surface area contributed by atoms with Crippen molar-refractivity contribution in [3.8, 4) is 0 Å². The van der Waals surface area contributed by atoms with Gasteiger partial charge in [0.15, 0.2) is 6.10 Å². The molecule has 0 saturated carbocycles. The Kier molecular flexibility index (Phi) is 34.0. The average molecular weight is 703 g/mol. The summed E-state index contributed by atoms with van der Waals surface area (Å²) in [4.78, 5) is 10.2. The van der Waals surface area contributed by atoms with Crippen molar-refractivity contribution in [2.45, 2.75) is 187 Å². The van der Waals surface area contributed by atoms with Gasteiger partial charge in [-0.25, -0.2) is 4.57 Å². The predicted octanol–water partition coefficient (Wildman–Crippen LogP) is 12.4. The van der Waals surface area contributed by atoms with Crippen molar-refractivity contribution in [3.05, 3.63) is 24.7 Å². The van der Waals surface area contributed by atoms with Crippen molar-refractivity contribution in [2.24, 2.45) is 0 Å². The molecule has 0 heterocycles. The van der Waals surface area contributed by atoms with E-state index < -0.39 is 13.9 Å². The van der Waals surface area contributed by atoms with Crippen LogP contribution in [0.5, 0.6) is 0 Å². The number of hydrogen-bond acceptors (Lipinski definition) is 5. The highest BCUT2D eigenvalue weighted by atomic mass is 31.2. The van der Waals surface area contributed by atoms with Crippen molar-refractivity contribution in [2.75, 3.05) is 47.5 Å². The molecule has 7 nitrogen and oxygen atoms in total. The van der Waals surface area contributed by atoms with E-state index in [0.717, 1.165) is 19.3 Å². The van der Waals surface area contributed by atoms with Crippen LogP contribution in [0.2, 0.25) is 0 Å². The minimum absolute atomic E-state index is 0.0896. The zero-order chi connectivity index (χ0) is 35.4. The van der Waals surface area contributed by atoms with Gasteiger partial charge >= 0.3 is 7.82 Å². The molecule has 0 aliphatic rings. The molecule has 0 aromatic rings. The van der Waals surface area contributed by atoms with Gasteiger partial charge in [0.05, 0.1) is 40.3 Å².